The van der Waals surface area contributed by atoms with Crippen molar-refractivity contribution in [2.75, 3.05) is 6.54 Å². The highest BCUT2D eigenvalue weighted by atomic mass is 19.1. The van der Waals surface area contributed by atoms with E-state index in [0.717, 1.165) is 6.42 Å². The number of carbonyl (C=O) groups is 1. The molecule has 0 spiro atoms. The van der Waals surface area contributed by atoms with Crippen molar-refractivity contribution in [3.8, 4) is 0 Å². The number of rotatable bonds is 6. The van der Waals surface area contributed by atoms with E-state index in [1.54, 1.807) is 0 Å². The van der Waals surface area contributed by atoms with Crippen molar-refractivity contribution >= 4 is 5.91 Å². The second-order valence-corrected chi connectivity index (χ2v) is 5.06. The summed E-state index contributed by atoms with van der Waals surface area (Å²) in [6.45, 7) is 2.29. The molecule has 0 bridgehead atoms. The van der Waals surface area contributed by atoms with Crippen LogP contribution in [0.4, 0.5) is 4.39 Å². The molecule has 1 heterocycles. The summed E-state index contributed by atoms with van der Waals surface area (Å²) in [6.07, 6.45) is -0.234. The summed E-state index contributed by atoms with van der Waals surface area (Å²) in [4.78, 5) is 23.6. The highest BCUT2D eigenvalue weighted by molar-refractivity contribution is 5.92. The largest absolute Gasteiger partial charge is 0.387 e. The van der Waals surface area contributed by atoms with E-state index in [1.807, 2.05) is 6.92 Å². The zero-order chi connectivity index (χ0) is 16.8. The van der Waals surface area contributed by atoms with Crippen molar-refractivity contribution in [1.29, 1.82) is 0 Å². The summed E-state index contributed by atoms with van der Waals surface area (Å²) < 4.78 is 14.1. The van der Waals surface area contributed by atoms with E-state index in [9.17, 15) is 19.1 Å². The number of hydrogen-bond acceptors (Lipinski definition) is 4. The molecule has 0 aliphatic carbocycles. The lowest BCUT2D eigenvalue weighted by Crippen LogP contribution is -2.32. The molecular formula is C16H18FN3O3. The Morgan fingerprint density at radius 3 is 2.65 bits per heavy atom. The minimum absolute atomic E-state index is 0.0426. The lowest BCUT2D eigenvalue weighted by Gasteiger charge is -2.12. The standard InChI is InChI=1S/C16H18FN3O3/c1-2-9-20-15(22)8-7-13(19-20)16(23)18-10-14(21)11-3-5-12(17)6-4-11/h3-8,14,21H,2,9-10H2,1H3,(H,18,23). The maximum atomic E-state index is 12.8. The summed E-state index contributed by atoms with van der Waals surface area (Å²) in [5, 5.41) is 16.5. The second kappa shape index (κ2) is 7.64. The summed E-state index contributed by atoms with van der Waals surface area (Å²) in [5.74, 6) is -0.886. The fraction of sp³-hybridized carbons (Fsp3) is 0.312. The van der Waals surface area contributed by atoms with Crippen molar-refractivity contribution in [3.05, 3.63) is 63.8 Å². The van der Waals surface area contributed by atoms with Crippen molar-refractivity contribution in [2.24, 2.45) is 0 Å². The average molecular weight is 319 g/mol. The van der Waals surface area contributed by atoms with Crippen molar-refractivity contribution in [3.63, 3.8) is 0 Å². The van der Waals surface area contributed by atoms with Crippen LogP contribution in [0.25, 0.3) is 0 Å². The van der Waals surface area contributed by atoms with Crippen LogP contribution in [0.3, 0.4) is 0 Å². The van der Waals surface area contributed by atoms with Crippen molar-refractivity contribution in [1.82, 2.24) is 15.1 Å². The Hall–Kier alpha value is -2.54. The molecule has 7 heteroatoms. The minimum Gasteiger partial charge on any atom is -0.387 e. The lowest BCUT2D eigenvalue weighted by atomic mass is 10.1. The first-order valence-corrected chi connectivity index (χ1v) is 7.31. The monoisotopic (exact) mass is 319 g/mol. The molecule has 0 aliphatic heterocycles. The molecule has 1 aromatic heterocycles. The smallest absolute Gasteiger partial charge is 0.271 e. The topological polar surface area (TPSA) is 84.2 Å². The Balaban J connectivity index is 2.00. The number of nitrogens with one attached hydrogen (secondary N) is 1. The fourth-order valence-electron chi connectivity index (χ4n) is 2.02. The first-order valence-electron chi connectivity index (χ1n) is 7.31. The van der Waals surface area contributed by atoms with Crippen LogP contribution >= 0.6 is 0 Å². The number of amides is 1. The van der Waals surface area contributed by atoms with Crippen LogP contribution < -0.4 is 10.9 Å². The van der Waals surface area contributed by atoms with Crippen LogP contribution in [0.2, 0.25) is 0 Å². The molecule has 0 aliphatic rings. The van der Waals surface area contributed by atoms with Gasteiger partial charge in [0.05, 0.1) is 6.10 Å². The Morgan fingerprint density at radius 1 is 1.30 bits per heavy atom. The third-order valence-corrected chi connectivity index (χ3v) is 3.25. The molecule has 0 saturated heterocycles. The molecule has 0 saturated carbocycles. The van der Waals surface area contributed by atoms with Gasteiger partial charge in [-0.3, -0.25) is 9.59 Å². The number of halogens is 1. The van der Waals surface area contributed by atoms with E-state index < -0.39 is 17.8 Å². The molecule has 0 fully saturated rings. The molecule has 2 rings (SSSR count). The van der Waals surface area contributed by atoms with Gasteiger partial charge in [0, 0.05) is 19.2 Å². The predicted molar refractivity (Wildman–Crippen MR) is 82.5 cm³/mol. The van der Waals surface area contributed by atoms with Crippen LogP contribution in [0.5, 0.6) is 0 Å². The van der Waals surface area contributed by atoms with Gasteiger partial charge in [0.1, 0.15) is 11.5 Å². The van der Waals surface area contributed by atoms with Crippen LogP contribution in [-0.2, 0) is 6.54 Å². The molecule has 23 heavy (non-hydrogen) atoms. The Morgan fingerprint density at radius 2 is 2.00 bits per heavy atom. The third-order valence-electron chi connectivity index (χ3n) is 3.25. The normalized spacial score (nSPS) is 12.0. The fourth-order valence-corrected chi connectivity index (χ4v) is 2.02. The number of benzene rings is 1. The van der Waals surface area contributed by atoms with Crippen molar-refractivity contribution < 1.29 is 14.3 Å². The van der Waals surface area contributed by atoms with E-state index in [0.29, 0.717) is 12.1 Å². The van der Waals surface area contributed by atoms with Gasteiger partial charge in [-0.15, -0.1) is 0 Å². The summed E-state index contributed by atoms with van der Waals surface area (Å²) in [7, 11) is 0. The number of carbonyl (C=O) groups excluding carboxylic acids is 1. The lowest BCUT2D eigenvalue weighted by molar-refractivity contribution is 0.0908. The highest BCUT2D eigenvalue weighted by Gasteiger charge is 2.13. The van der Waals surface area contributed by atoms with Crippen LogP contribution in [0, 0.1) is 5.82 Å². The number of aryl methyl sites for hydroxylation is 1. The van der Waals surface area contributed by atoms with E-state index >= 15 is 0 Å². The van der Waals surface area contributed by atoms with Gasteiger partial charge in [-0.05, 0) is 30.2 Å². The van der Waals surface area contributed by atoms with Gasteiger partial charge in [-0.2, -0.15) is 5.10 Å². The van der Waals surface area contributed by atoms with Gasteiger partial charge in [0.25, 0.3) is 11.5 Å². The first kappa shape index (κ1) is 16.8. The van der Waals surface area contributed by atoms with Gasteiger partial charge in [-0.1, -0.05) is 19.1 Å². The van der Waals surface area contributed by atoms with Gasteiger partial charge < -0.3 is 10.4 Å². The van der Waals surface area contributed by atoms with E-state index in [4.69, 9.17) is 0 Å². The molecule has 1 aromatic carbocycles. The van der Waals surface area contributed by atoms with E-state index in [1.165, 1.54) is 41.1 Å². The molecular weight excluding hydrogens is 301 g/mol. The zero-order valence-corrected chi connectivity index (χ0v) is 12.7. The Kier molecular flexibility index (Phi) is 5.59. The summed E-state index contributed by atoms with van der Waals surface area (Å²) in [6, 6.07) is 8.00. The second-order valence-electron chi connectivity index (χ2n) is 5.06. The minimum atomic E-state index is -0.957. The van der Waals surface area contributed by atoms with Gasteiger partial charge in [0.2, 0.25) is 0 Å². The molecule has 2 aromatic rings. The quantitative estimate of drug-likeness (QED) is 0.839. The number of nitrogens with zero attached hydrogens (tertiary/aromatic N) is 2. The summed E-state index contributed by atoms with van der Waals surface area (Å²) in [5.41, 5.74) is 0.328. The maximum Gasteiger partial charge on any atom is 0.271 e. The molecule has 1 atom stereocenters. The van der Waals surface area contributed by atoms with Gasteiger partial charge in [-0.25, -0.2) is 9.07 Å². The predicted octanol–water partition coefficient (Wildman–Crippen LogP) is 1.26. The Labute approximate surface area is 132 Å². The number of aromatic nitrogens is 2. The zero-order valence-electron chi connectivity index (χ0n) is 12.7. The maximum absolute atomic E-state index is 12.8. The summed E-state index contributed by atoms with van der Waals surface area (Å²) >= 11 is 0. The van der Waals surface area contributed by atoms with E-state index in [-0.39, 0.29) is 17.8 Å². The SMILES string of the molecule is CCCn1nc(C(=O)NCC(O)c2ccc(F)cc2)ccc1=O. The number of aliphatic hydroxyl groups excluding tert-OH is 1. The Bertz CT molecular complexity index is 728. The third kappa shape index (κ3) is 4.46. The highest BCUT2D eigenvalue weighted by Crippen LogP contribution is 2.12. The van der Waals surface area contributed by atoms with Gasteiger partial charge >= 0.3 is 0 Å². The van der Waals surface area contributed by atoms with Crippen LogP contribution in [0.1, 0.15) is 35.5 Å². The molecule has 1 unspecified atom stereocenters. The molecule has 1 amide bonds. The van der Waals surface area contributed by atoms with Crippen LogP contribution in [0.15, 0.2) is 41.2 Å². The van der Waals surface area contributed by atoms with E-state index in [2.05, 4.69) is 10.4 Å². The molecule has 6 nitrogen and oxygen atoms in total. The average Bonchev–Trinajstić information content (AvgIpc) is 2.55. The van der Waals surface area contributed by atoms with Crippen LogP contribution in [-0.4, -0.2) is 27.3 Å². The first-order chi connectivity index (χ1) is 11.0. The molecule has 122 valence electrons. The number of hydrogen-bond donors (Lipinski definition) is 2. The van der Waals surface area contributed by atoms with Crippen molar-refractivity contribution in [2.45, 2.75) is 26.0 Å². The molecule has 2 N–H and O–H groups in total. The van der Waals surface area contributed by atoms with Gasteiger partial charge in [0.15, 0.2) is 0 Å². The molecule has 0 radical (unpaired) electrons. The number of aliphatic hydroxyl groups is 1.